The highest BCUT2D eigenvalue weighted by Gasteiger charge is 2.45. The van der Waals surface area contributed by atoms with E-state index in [-0.39, 0.29) is 49.8 Å². The number of fused-ring (bicyclic) bond motifs is 1. The van der Waals surface area contributed by atoms with E-state index in [1.165, 1.54) is 31.0 Å². The van der Waals surface area contributed by atoms with Gasteiger partial charge in [-0.2, -0.15) is 0 Å². The van der Waals surface area contributed by atoms with E-state index in [1.807, 2.05) is 0 Å². The average molecular weight is 592 g/mol. The lowest BCUT2D eigenvalue weighted by Crippen LogP contribution is -2.40. The van der Waals surface area contributed by atoms with Crippen LogP contribution in [0.3, 0.4) is 0 Å². The zero-order valence-electron chi connectivity index (χ0n) is 22.8. The summed E-state index contributed by atoms with van der Waals surface area (Å²) in [6, 6.07) is 6.15. The summed E-state index contributed by atoms with van der Waals surface area (Å²) in [7, 11) is -3.88. The number of sulfonamides is 1. The van der Waals surface area contributed by atoms with Gasteiger partial charge in [0.05, 0.1) is 29.4 Å². The van der Waals surface area contributed by atoms with Crippen molar-refractivity contribution in [2.24, 2.45) is 5.41 Å². The van der Waals surface area contributed by atoms with Crippen molar-refractivity contribution < 1.29 is 31.8 Å². The van der Waals surface area contributed by atoms with Crippen LogP contribution in [0.2, 0.25) is 0 Å². The number of alkyl halides is 2. The second-order valence-electron chi connectivity index (χ2n) is 11.5. The molecular weight excluding hydrogens is 556 g/mol. The second kappa shape index (κ2) is 10.7. The van der Waals surface area contributed by atoms with Gasteiger partial charge in [0.15, 0.2) is 11.6 Å². The molecular formula is C28H35F2N5O5S. The molecule has 1 spiro atoms. The van der Waals surface area contributed by atoms with Gasteiger partial charge < -0.3 is 25.0 Å². The van der Waals surface area contributed by atoms with E-state index >= 15 is 0 Å². The van der Waals surface area contributed by atoms with Crippen molar-refractivity contribution in [3.05, 3.63) is 35.4 Å². The van der Waals surface area contributed by atoms with Crippen LogP contribution in [-0.2, 0) is 16.4 Å². The van der Waals surface area contributed by atoms with Crippen molar-refractivity contribution in [2.75, 3.05) is 61.1 Å². The zero-order valence-corrected chi connectivity index (χ0v) is 23.6. The minimum atomic E-state index is -3.88. The molecule has 1 aliphatic carbocycles. The lowest BCUT2D eigenvalue weighted by Gasteiger charge is -2.35. The maximum Gasteiger partial charge on any atom is 0.258 e. The minimum Gasteiger partial charge on any atom is -0.489 e. The number of hydrogen-bond donors (Lipinski definition) is 3. The lowest BCUT2D eigenvalue weighted by molar-refractivity contribution is -0.0222. The van der Waals surface area contributed by atoms with Gasteiger partial charge in [-0.25, -0.2) is 26.9 Å². The Hall–Kier alpha value is -3.03. The summed E-state index contributed by atoms with van der Waals surface area (Å²) >= 11 is 0. The number of aromatic nitrogens is 1. The molecule has 1 saturated carbocycles. The van der Waals surface area contributed by atoms with Gasteiger partial charge >= 0.3 is 0 Å². The second-order valence-corrected chi connectivity index (χ2v) is 13.3. The van der Waals surface area contributed by atoms with Crippen molar-refractivity contribution in [3.63, 3.8) is 0 Å². The molecule has 3 N–H and O–H groups in total. The minimum absolute atomic E-state index is 0.0150. The van der Waals surface area contributed by atoms with Crippen molar-refractivity contribution in [1.29, 1.82) is 0 Å². The molecule has 0 atom stereocenters. The molecule has 4 aliphatic rings. The Labute approximate surface area is 238 Å². The van der Waals surface area contributed by atoms with Crippen LogP contribution < -0.4 is 24.6 Å². The molecule has 41 heavy (non-hydrogen) atoms. The van der Waals surface area contributed by atoms with E-state index in [9.17, 15) is 22.0 Å². The number of piperidine rings is 2. The summed E-state index contributed by atoms with van der Waals surface area (Å²) < 4.78 is 61.4. The molecule has 3 aliphatic heterocycles. The first-order valence-corrected chi connectivity index (χ1v) is 15.7. The normalized spacial score (nSPS) is 21.0. The molecule has 10 nitrogen and oxygen atoms in total. The molecule has 1 aromatic heterocycles. The first-order chi connectivity index (χ1) is 19.6. The Morgan fingerprint density at radius 2 is 1.73 bits per heavy atom. The highest BCUT2D eigenvalue weighted by atomic mass is 32.2. The van der Waals surface area contributed by atoms with Gasteiger partial charge in [-0.05, 0) is 55.4 Å². The third-order valence-electron chi connectivity index (χ3n) is 8.74. The van der Waals surface area contributed by atoms with E-state index in [0.717, 1.165) is 18.4 Å². The van der Waals surface area contributed by atoms with Crippen LogP contribution >= 0.6 is 0 Å². The van der Waals surface area contributed by atoms with Crippen LogP contribution in [0.25, 0.3) is 0 Å². The molecule has 6 rings (SSSR count). The Morgan fingerprint density at radius 1 is 1.02 bits per heavy atom. The standard InChI is InChI=1S/C28H35F2N5O5S/c29-28(30)8-13-35(14-9-28)25-24-19(3-16-40-24)17-23(32-25)33-26(37)21-2-1-20(41(38,39)31-10-15-36)18-22(21)34-11-6-27(4-5-27)7-12-34/h1-2,17-18,31,36H,3-16H2,(H,32,33,37). The average Bonchev–Trinajstić information content (AvgIpc) is 3.53. The van der Waals surface area contributed by atoms with Gasteiger partial charge in [-0.3, -0.25) is 4.79 Å². The molecule has 0 radical (unpaired) electrons. The van der Waals surface area contributed by atoms with Gasteiger partial charge in [0, 0.05) is 57.5 Å². The number of ether oxygens (including phenoxy) is 1. The van der Waals surface area contributed by atoms with Crippen molar-refractivity contribution in [2.45, 2.75) is 55.8 Å². The fourth-order valence-corrected chi connectivity index (χ4v) is 7.02. The van der Waals surface area contributed by atoms with E-state index < -0.39 is 21.9 Å². The molecule has 1 amide bonds. The molecule has 0 unspecified atom stereocenters. The SMILES string of the molecule is O=C(Nc1cc2c(c(N3CCC(F)(F)CC3)n1)OCC2)c1ccc(S(=O)(=O)NCCO)cc1N1CCC2(CC1)CC2. The topological polar surface area (TPSA) is 124 Å². The van der Waals surface area contributed by atoms with Crippen LogP contribution in [0.4, 0.5) is 26.1 Å². The van der Waals surface area contributed by atoms with Crippen molar-refractivity contribution in [3.8, 4) is 5.75 Å². The Morgan fingerprint density at radius 3 is 2.41 bits per heavy atom. The summed E-state index contributed by atoms with van der Waals surface area (Å²) in [6.45, 7) is 1.70. The van der Waals surface area contributed by atoms with E-state index in [2.05, 4.69) is 19.9 Å². The van der Waals surface area contributed by atoms with Gasteiger partial charge in [0.1, 0.15) is 5.82 Å². The fraction of sp³-hybridized carbons (Fsp3) is 0.571. The maximum atomic E-state index is 13.8. The van der Waals surface area contributed by atoms with Crippen LogP contribution in [0.5, 0.6) is 5.75 Å². The first kappa shape index (κ1) is 28.1. The summed E-state index contributed by atoms with van der Waals surface area (Å²) in [5, 5.41) is 12.0. The lowest BCUT2D eigenvalue weighted by atomic mass is 9.93. The number of hydrogen-bond acceptors (Lipinski definition) is 8. The zero-order chi connectivity index (χ0) is 28.8. The largest absolute Gasteiger partial charge is 0.489 e. The molecule has 4 heterocycles. The van der Waals surface area contributed by atoms with Crippen LogP contribution in [-0.4, -0.2) is 76.3 Å². The highest BCUT2D eigenvalue weighted by Crippen LogP contribution is 2.54. The van der Waals surface area contributed by atoms with Gasteiger partial charge in [-0.1, -0.05) is 0 Å². The highest BCUT2D eigenvalue weighted by molar-refractivity contribution is 7.89. The number of pyridine rings is 1. The number of amides is 1. The summed E-state index contributed by atoms with van der Waals surface area (Å²) in [5.74, 6) is -1.84. The van der Waals surface area contributed by atoms with Gasteiger partial charge in [0.25, 0.3) is 11.8 Å². The number of aliphatic hydroxyl groups excluding tert-OH is 1. The summed E-state index contributed by atoms with van der Waals surface area (Å²) in [6.07, 6.45) is 4.45. The quantitative estimate of drug-likeness (QED) is 0.428. The number of aliphatic hydroxyl groups is 1. The maximum absolute atomic E-state index is 13.8. The van der Waals surface area contributed by atoms with Crippen LogP contribution in [0.15, 0.2) is 29.2 Å². The number of carbonyl (C=O) groups excluding carboxylic acids is 1. The molecule has 13 heteroatoms. The molecule has 0 bridgehead atoms. The number of benzene rings is 1. The fourth-order valence-electron chi connectivity index (χ4n) is 5.98. The predicted molar refractivity (Wildman–Crippen MR) is 150 cm³/mol. The molecule has 2 aromatic rings. The number of carbonyl (C=O) groups is 1. The predicted octanol–water partition coefficient (Wildman–Crippen LogP) is 3.16. The monoisotopic (exact) mass is 591 g/mol. The number of nitrogens with one attached hydrogen (secondary N) is 2. The Kier molecular flexibility index (Phi) is 7.31. The van der Waals surface area contributed by atoms with E-state index in [1.54, 1.807) is 11.0 Å². The number of rotatable bonds is 8. The van der Waals surface area contributed by atoms with E-state index in [4.69, 9.17) is 9.84 Å². The van der Waals surface area contributed by atoms with Crippen molar-refractivity contribution in [1.82, 2.24) is 9.71 Å². The van der Waals surface area contributed by atoms with Gasteiger partial charge in [0.2, 0.25) is 10.0 Å². The summed E-state index contributed by atoms with van der Waals surface area (Å²) in [5.41, 5.74) is 2.07. The smallest absolute Gasteiger partial charge is 0.258 e. The Balaban J connectivity index is 1.29. The third kappa shape index (κ3) is 5.84. The molecule has 2 saturated heterocycles. The van der Waals surface area contributed by atoms with Crippen molar-refractivity contribution >= 4 is 33.3 Å². The molecule has 1 aromatic carbocycles. The number of halogens is 2. The van der Waals surface area contributed by atoms with Crippen LogP contribution in [0, 0.1) is 5.41 Å². The van der Waals surface area contributed by atoms with Crippen LogP contribution in [0.1, 0.15) is 54.4 Å². The summed E-state index contributed by atoms with van der Waals surface area (Å²) in [4.78, 5) is 22.2. The van der Waals surface area contributed by atoms with E-state index in [0.29, 0.717) is 54.4 Å². The molecule has 3 fully saturated rings. The third-order valence-corrected chi connectivity index (χ3v) is 10.2. The number of anilines is 3. The van der Waals surface area contributed by atoms with Gasteiger partial charge in [-0.15, -0.1) is 0 Å². The Bertz CT molecular complexity index is 1430. The first-order valence-electron chi connectivity index (χ1n) is 14.2. The molecule has 222 valence electrons. The number of nitrogens with zero attached hydrogens (tertiary/aromatic N) is 3.